The largest absolute Gasteiger partial charge is 0.406 e. The summed E-state index contributed by atoms with van der Waals surface area (Å²) < 4.78 is 37.3. The summed E-state index contributed by atoms with van der Waals surface area (Å²) in [7, 11) is 2.84. The summed E-state index contributed by atoms with van der Waals surface area (Å²) in [6.07, 6.45) is -4.42. The quantitative estimate of drug-likeness (QED) is 0.795. The van der Waals surface area contributed by atoms with Crippen LogP contribution < -0.4 is 5.73 Å². The van der Waals surface area contributed by atoms with Crippen molar-refractivity contribution in [3.05, 3.63) is 0 Å². The Morgan fingerprint density at radius 1 is 1.10 bits per heavy atom. The second-order valence-corrected chi connectivity index (χ2v) is 5.64. The maximum absolute atomic E-state index is 12.4. The molecule has 0 aliphatic rings. The topological polar surface area (TPSA) is 66.6 Å². The van der Waals surface area contributed by atoms with Gasteiger partial charge < -0.3 is 15.5 Å². The van der Waals surface area contributed by atoms with Gasteiger partial charge in [0.25, 0.3) is 0 Å². The second kappa shape index (κ2) is 6.92. The van der Waals surface area contributed by atoms with Crippen LogP contribution in [-0.2, 0) is 9.59 Å². The molecule has 0 atom stereocenters. The van der Waals surface area contributed by atoms with Gasteiger partial charge in [-0.2, -0.15) is 13.2 Å². The van der Waals surface area contributed by atoms with Crippen LogP contribution in [0.1, 0.15) is 26.7 Å². The van der Waals surface area contributed by atoms with Crippen LogP contribution in [0, 0.1) is 0 Å². The van der Waals surface area contributed by atoms with Gasteiger partial charge in [0, 0.05) is 26.1 Å². The summed E-state index contributed by atoms with van der Waals surface area (Å²) in [5.41, 5.74) is 5.04. The van der Waals surface area contributed by atoms with Gasteiger partial charge in [-0.3, -0.25) is 9.59 Å². The van der Waals surface area contributed by atoms with E-state index in [1.165, 1.54) is 14.1 Å². The van der Waals surface area contributed by atoms with E-state index in [9.17, 15) is 22.8 Å². The minimum absolute atomic E-state index is 0.125. The molecule has 0 bridgehead atoms. The number of likely N-dealkylation sites (N-methyl/N-ethyl adjacent to an activating group) is 1. The second-order valence-electron chi connectivity index (χ2n) is 5.64. The van der Waals surface area contributed by atoms with Gasteiger partial charge in [0.05, 0.1) is 0 Å². The zero-order chi connectivity index (χ0) is 16.1. The average molecular weight is 297 g/mol. The lowest BCUT2D eigenvalue weighted by Crippen LogP contribution is -2.45. The molecule has 2 N–H and O–H groups in total. The standard InChI is InChI=1S/C12H22F3N3O2/c1-11(2,16)6-5-9(19)18(8-12(13,14)15)7-10(20)17(3)4/h5-8,16H2,1-4H3. The summed E-state index contributed by atoms with van der Waals surface area (Å²) in [6, 6.07) is 0. The molecule has 0 aromatic heterocycles. The number of amides is 2. The van der Waals surface area contributed by atoms with Gasteiger partial charge in [0.15, 0.2) is 0 Å². The van der Waals surface area contributed by atoms with E-state index in [1.807, 2.05) is 0 Å². The zero-order valence-electron chi connectivity index (χ0n) is 12.3. The van der Waals surface area contributed by atoms with Crippen molar-refractivity contribution < 1.29 is 22.8 Å². The van der Waals surface area contributed by atoms with Crippen molar-refractivity contribution in [2.24, 2.45) is 5.73 Å². The highest BCUT2D eigenvalue weighted by molar-refractivity contribution is 5.84. The Labute approximate surface area is 116 Å². The molecule has 0 saturated heterocycles. The van der Waals surface area contributed by atoms with Gasteiger partial charge in [-0.05, 0) is 20.3 Å². The highest BCUT2D eigenvalue weighted by Crippen LogP contribution is 2.18. The molecule has 20 heavy (non-hydrogen) atoms. The highest BCUT2D eigenvalue weighted by Gasteiger charge is 2.34. The number of alkyl halides is 3. The molecule has 5 nitrogen and oxygen atoms in total. The van der Waals surface area contributed by atoms with E-state index < -0.39 is 36.6 Å². The predicted molar refractivity (Wildman–Crippen MR) is 68.8 cm³/mol. The first-order valence-corrected chi connectivity index (χ1v) is 6.15. The number of hydrogen-bond donors (Lipinski definition) is 1. The van der Waals surface area contributed by atoms with E-state index in [4.69, 9.17) is 5.73 Å². The molecule has 0 aliphatic carbocycles. The van der Waals surface area contributed by atoms with Crippen LogP contribution in [0.15, 0.2) is 0 Å². The minimum atomic E-state index is -4.54. The molecule has 0 aliphatic heterocycles. The third-order valence-electron chi connectivity index (χ3n) is 2.53. The molecular weight excluding hydrogens is 275 g/mol. The number of nitrogens with two attached hydrogens (primary N) is 1. The fourth-order valence-electron chi connectivity index (χ4n) is 1.34. The van der Waals surface area contributed by atoms with Crippen LogP contribution in [0.2, 0.25) is 0 Å². The molecule has 0 fully saturated rings. The fraction of sp³-hybridized carbons (Fsp3) is 0.833. The van der Waals surface area contributed by atoms with Crippen LogP contribution >= 0.6 is 0 Å². The average Bonchev–Trinajstić information content (AvgIpc) is 2.21. The first-order chi connectivity index (χ1) is 8.82. The van der Waals surface area contributed by atoms with Crippen molar-refractivity contribution >= 4 is 11.8 Å². The molecule has 0 aromatic rings. The summed E-state index contributed by atoms with van der Waals surface area (Å²) in [5.74, 6) is -1.29. The number of carbonyl (C=O) groups excluding carboxylic acids is 2. The SMILES string of the molecule is CN(C)C(=O)CN(CC(F)(F)F)C(=O)CCC(C)(C)N. The molecule has 0 rings (SSSR count). The monoisotopic (exact) mass is 297 g/mol. The number of rotatable bonds is 6. The lowest BCUT2D eigenvalue weighted by atomic mass is 10.00. The van der Waals surface area contributed by atoms with E-state index >= 15 is 0 Å². The van der Waals surface area contributed by atoms with E-state index in [0.717, 1.165) is 4.90 Å². The van der Waals surface area contributed by atoms with Gasteiger partial charge in [-0.25, -0.2) is 0 Å². The molecule has 0 spiro atoms. The third kappa shape index (κ3) is 8.73. The van der Waals surface area contributed by atoms with Gasteiger partial charge in [0.1, 0.15) is 13.1 Å². The van der Waals surface area contributed by atoms with Crippen molar-refractivity contribution in [3.8, 4) is 0 Å². The zero-order valence-corrected chi connectivity index (χ0v) is 12.3. The molecule has 0 saturated carbocycles. The molecule has 2 amide bonds. The number of carbonyl (C=O) groups is 2. The molecular formula is C12H22F3N3O2. The molecule has 118 valence electrons. The van der Waals surface area contributed by atoms with Crippen molar-refractivity contribution in [2.75, 3.05) is 27.2 Å². The summed E-state index contributed by atoms with van der Waals surface area (Å²) in [6.45, 7) is 1.34. The molecule has 0 heterocycles. The van der Waals surface area contributed by atoms with Crippen LogP contribution in [-0.4, -0.2) is 60.5 Å². The number of nitrogens with zero attached hydrogens (tertiary/aromatic N) is 2. The van der Waals surface area contributed by atoms with Crippen molar-refractivity contribution in [3.63, 3.8) is 0 Å². The minimum Gasteiger partial charge on any atom is -0.347 e. The molecule has 0 radical (unpaired) electrons. The van der Waals surface area contributed by atoms with Gasteiger partial charge in [0.2, 0.25) is 11.8 Å². The maximum atomic E-state index is 12.4. The van der Waals surface area contributed by atoms with E-state index in [-0.39, 0.29) is 12.8 Å². The Hall–Kier alpha value is -1.31. The number of halogens is 3. The first-order valence-electron chi connectivity index (χ1n) is 6.15. The third-order valence-corrected chi connectivity index (χ3v) is 2.53. The van der Waals surface area contributed by atoms with Crippen molar-refractivity contribution in [1.82, 2.24) is 9.80 Å². The van der Waals surface area contributed by atoms with E-state index in [2.05, 4.69) is 0 Å². The maximum Gasteiger partial charge on any atom is 0.406 e. The first kappa shape index (κ1) is 18.7. The predicted octanol–water partition coefficient (Wildman–Crippen LogP) is 0.983. The van der Waals surface area contributed by atoms with Gasteiger partial charge >= 0.3 is 6.18 Å². The number of hydrogen-bond acceptors (Lipinski definition) is 3. The summed E-state index contributed by atoms with van der Waals surface area (Å²) >= 11 is 0. The van der Waals surface area contributed by atoms with Gasteiger partial charge in [-0.15, -0.1) is 0 Å². The molecule has 8 heteroatoms. The smallest absolute Gasteiger partial charge is 0.347 e. The molecule has 0 aromatic carbocycles. The lowest BCUT2D eigenvalue weighted by Gasteiger charge is -2.26. The van der Waals surface area contributed by atoms with E-state index in [1.54, 1.807) is 13.8 Å². The molecule has 0 unspecified atom stereocenters. The van der Waals surface area contributed by atoms with Crippen LogP contribution in [0.5, 0.6) is 0 Å². The Morgan fingerprint density at radius 2 is 1.60 bits per heavy atom. The van der Waals surface area contributed by atoms with Crippen molar-refractivity contribution in [1.29, 1.82) is 0 Å². The Balaban J connectivity index is 4.75. The normalized spacial score (nSPS) is 12.2. The fourth-order valence-corrected chi connectivity index (χ4v) is 1.34. The summed E-state index contributed by atoms with van der Waals surface area (Å²) in [5, 5.41) is 0. The Kier molecular flexibility index (Phi) is 6.46. The van der Waals surface area contributed by atoms with Crippen LogP contribution in [0.25, 0.3) is 0 Å². The van der Waals surface area contributed by atoms with E-state index in [0.29, 0.717) is 4.90 Å². The van der Waals surface area contributed by atoms with Gasteiger partial charge in [-0.1, -0.05) is 0 Å². The Bertz CT molecular complexity index is 349. The Morgan fingerprint density at radius 3 is 1.95 bits per heavy atom. The summed E-state index contributed by atoms with van der Waals surface area (Å²) in [4.78, 5) is 25.0. The van der Waals surface area contributed by atoms with Crippen LogP contribution in [0.3, 0.4) is 0 Å². The van der Waals surface area contributed by atoms with Crippen LogP contribution in [0.4, 0.5) is 13.2 Å². The highest BCUT2D eigenvalue weighted by atomic mass is 19.4. The van der Waals surface area contributed by atoms with Crippen molar-refractivity contribution in [2.45, 2.75) is 38.4 Å². The lowest BCUT2D eigenvalue weighted by molar-refractivity contribution is -0.164.